The molecular weight excluding hydrogens is 372 g/mol. The number of ether oxygens (including phenoxy) is 1. The first-order valence-corrected chi connectivity index (χ1v) is 9.41. The van der Waals surface area contributed by atoms with Crippen LogP contribution >= 0.6 is 0 Å². The Kier molecular flexibility index (Phi) is 6.23. The largest absolute Gasteiger partial charge is 0.418 e. The fourth-order valence-corrected chi connectivity index (χ4v) is 3.09. The van der Waals surface area contributed by atoms with E-state index in [4.69, 9.17) is 4.74 Å². The van der Waals surface area contributed by atoms with Gasteiger partial charge in [-0.25, -0.2) is 14.7 Å². The predicted octanol–water partition coefficient (Wildman–Crippen LogP) is 2.83. The number of pyridine rings is 1. The lowest BCUT2D eigenvalue weighted by atomic mass is 10.2. The number of piperazine rings is 1. The molecule has 2 heterocycles. The summed E-state index contributed by atoms with van der Waals surface area (Å²) in [6.07, 6.45) is 0.672. The summed E-state index contributed by atoms with van der Waals surface area (Å²) in [6, 6.07) is 10.3. The Morgan fingerprint density at radius 2 is 1.76 bits per heavy atom. The van der Waals surface area contributed by atoms with Crippen molar-refractivity contribution >= 4 is 29.3 Å². The minimum Gasteiger partial charge on any atom is -0.391 e. The zero-order valence-corrected chi connectivity index (χ0v) is 16.7. The molecule has 8 nitrogen and oxygen atoms in total. The van der Waals surface area contributed by atoms with Gasteiger partial charge in [0.1, 0.15) is 0 Å². The molecule has 152 valence electrons. The van der Waals surface area contributed by atoms with Crippen LogP contribution in [0.2, 0.25) is 0 Å². The van der Waals surface area contributed by atoms with E-state index in [0.717, 1.165) is 10.5 Å². The maximum absolute atomic E-state index is 12.4. The number of amides is 3. The highest BCUT2D eigenvalue weighted by molar-refractivity contribution is 6.17. The topological polar surface area (TPSA) is 91.8 Å². The first kappa shape index (κ1) is 20.5. The zero-order valence-electron chi connectivity index (χ0n) is 16.7. The monoisotopic (exact) mass is 396 g/mol. The Hall–Kier alpha value is -3.26. The first-order chi connectivity index (χ1) is 13.8. The van der Waals surface area contributed by atoms with Crippen LogP contribution in [0.5, 0.6) is 5.88 Å². The Bertz CT molecular complexity index is 876. The van der Waals surface area contributed by atoms with Crippen LogP contribution in [0.15, 0.2) is 42.6 Å². The molecule has 0 atom stereocenters. The Labute approximate surface area is 169 Å². The highest BCUT2D eigenvalue weighted by Gasteiger charge is 2.32. The van der Waals surface area contributed by atoms with E-state index in [-0.39, 0.29) is 30.8 Å². The van der Waals surface area contributed by atoms with E-state index in [0.29, 0.717) is 23.8 Å². The van der Waals surface area contributed by atoms with Crippen LogP contribution in [-0.4, -0.2) is 47.4 Å². The smallest absolute Gasteiger partial charge is 0.391 e. The van der Waals surface area contributed by atoms with Crippen molar-refractivity contribution in [3.05, 3.63) is 48.2 Å². The number of hydrogen-bond acceptors (Lipinski definition) is 6. The van der Waals surface area contributed by atoms with Gasteiger partial charge in [-0.3, -0.25) is 19.8 Å². The van der Waals surface area contributed by atoms with Gasteiger partial charge in [-0.2, -0.15) is 0 Å². The van der Waals surface area contributed by atoms with Crippen LogP contribution in [0.4, 0.5) is 16.2 Å². The fourth-order valence-electron chi connectivity index (χ4n) is 3.09. The van der Waals surface area contributed by atoms with Crippen LogP contribution in [0.3, 0.4) is 0 Å². The first-order valence-electron chi connectivity index (χ1n) is 9.41. The minimum atomic E-state index is -0.677. The number of hydrogen-bond donors (Lipinski definition) is 1. The molecule has 2 aromatic rings. The van der Waals surface area contributed by atoms with Crippen LogP contribution in [0.1, 0.15) is 19.4 Å². The van der Waals surface area contributed by atoms with Crippen molar-refractivity contribution in [3.8, 4) is 5.88 Å². The van der Waals surface area contributed by atoms with E-state index in [1.807, 2.05) is 37.8 Å². The molecule has 29 heavy (non-hydrogen) atoms. The average Bonchev–Trinajstić information content (AvgIpc) is 2.64. The summed E-state index contributed by atoms with van der Waals surface area (Å²) in [5, 5.41) is 2.60. The SMILES string of the molecule is Cc1ccc(NC(=O)Oc2ccc(N3C(=O)CN(CC(C)C)CC3=O)cn2)cc1. The van der Waals surface area contributed by atoms with Gasteiger partial charge in [0.2, 0.25) is 17.7 Å². The lowest BCUT2D eigenvalue weighted by Gasteiger charge is -2.33. The normalized spacial score (nSPS) is 15.0. The molecule has 0 radical (unpaired) electrons. The number of carbonyl (C=O) groups excluding carboxylic acids is 3. The lowest BCUT2D eigenvalue weighted by Crippen LogP contribution is -2.54. The second kappa shape index (κ2) is 8.83. The third-order valence-electron chi connectivity index (χ3n) is 4.31. The molecule has 0 spiro atoms. The van der Waals surface area contributed by atoms with E-state index >= 15 is 0 Å². The van der Waals surface area contributed by atoms with Gasteiger partial charge in [-0.1, -0.05) is 31.5 Å². The fraction of sp³-hybridized carbons (Fsp3) is 0.333. The second-order valence-corrected chi connectivity index (χ2v) is 7.42. The van der Waals surface area contributed by atoms with Crippen LogP contribution in [0.25, 0.3) is 0 Å². The number of carbonyl (C=O) groups is 3. The van der Waals surface area contributed by atoms with Crippen molar-refractivity contribution in [2.45, 2.75) is 20.8 Å². The number of anilines is 2. The Morgan fingerprint density at radius 1 is 1.10 bits per heavy atom. The van der Waals surface area contributed by atoms with Crippen molar-refractivity contribution in [1.29, 1.82) is 0 Å². The van der Waals surface area contributed by atoms with Crippen LogP contribution in [0, 0.1) is 12.8 Å². The molecule has 3 rings (SSSR count). The lowest BCUT2D eigenvalue weighted by molar-refractivity contribution is -0.132. The molecule has 0 saturated carbocycles. The molecular formula is C21H24N4O4. The molecule has 0 unspecified atom stereocenters. The molecule has 1 fully saturated rings. The number of nitrogens with one attached hydrogen (secondary N) is 1. The van der Waals surface area contributed by atoms with E-state index in [1.54, 1.807) is 12.1 Å². The minimum absolute atomic E-state index is 0.0664. The highest BCUT2D eigenvalue weighted by atomic mass is 16.6. The number of aromatic nitrogens is 1. The molecule has 1 aliphatic heterocycles. The second-order valence-electron chi connectivity index (χ2n) is 7.42. The summed E-state index contributed by atoms with van der Waals surface area (Å²) in [5.74, 6) is -0.160. The van der Waals surface area contributed by atoms with E-state index < -0.39 is 6.09 Å². The standard InChI is InChI=1S/C21H24N4O4/c1-14(2)11-24-12-19(26)25(20(27)13-24)17-8-9-18(22-10-17)29-21(28)23-16-6-4-15(3)5-7-16/h4-10,14H,11-13H2,1-3H3,(H,23,28). The number of benzene rings is 1. The van der Waals surface area contributed by atoms with Crippen molar-refractivity contribution in [3.63, 3.8) is 0 Å². The molecule has 8 heteroatoms. The predicted molar refractivity (Wildman–Crippen MR) is 109 cm³/mol. The van der Waals surface area contributed by atoms with Gasteiger partial charge in [0.25, 0.3) is 0 Å². The Morgan fingerprint density at radius 3 is 2.31 bits per heavy atom. The van der Waals surface area contributed by atoms with Gasteiger partial charge in [0, 0.05) is 18.3 Å². The van der Waals surface area contributed by atoms with Crippen molar-refractivity contribution < 1.29 is 19.1 Å². The summed E-state index contributed by atoms with van der Waals surface area (Å²) in [6.45, 7) is 7.08. The van der Waals surface area contributed by atoms with Gasteiger partial charge in [-0.15, -0.1) is 0 Å². The highest BCUT2D eigenvalue weighted by Crippen LogP contribution is 2.20. The van der Waals surface area contributed by atoms with Gasteiger partial charge >= 0.3 is 6.09 Å². The zero-order chi connectivity index (χ0) is 21.0. The molecule has 1 aromatic heterocycles. The summed E-state index contributed by atoms with van der Waals surface area (Å²) in [4.78, 5) is 43.8. The van der Waals surface area contributed by atoms with Crippen molar-refractivity contribution in [1.82, 2.24) is 9.88 Å². The molecule has 1 N–H and O–H groups in total. The number of nitrogens with zero attached hydrogens (tertiary/aromatic N) is 3. The van der Waals surface area contributed by atoms with Gasteiger partial charge in [0.05, 0.1) is 25.0 Å². The average molecular weight is 396 g/mol. The quantitative estimate of drug-likeness (QED) is 0.782. The maximum Gasteiger partial charge on any atom is 0.418 e. The number of imide groups is 1. The van der Waals surface area contributed by atoms with Crippen LogP contribution in [-0.2, 0) is 9.59 Å². The van der Waals surface area contributed by atoms with Crippen molar-refractivity contribution in [2.75, 3.05) is 29.9 Å². The van der Waals surface area contributed by atoms with E-state index in [1.165, 1.54) is 18.3 Å². The summed E-state index contributed by atoms with van der Waals surface area (Å²) < 4.78 is 5.15. The molecule has 1 aliphatic rings. The van der Waals surface area contributed by atoms with E-state index in [2.05, 4.69) is 10.3 Å². The maximum atomic E-state index is 12.4. The summed E-state index contributed by atoms with van der Waals surface area (Å²) >= 11 is 0. The number of rotatable bonds is 5. The third kappa shape index (κ3) is 5.39. The van der Waals surface area contributed by atoms with Gasteiger partial charge < -0.3 is 4.74 Å². The Balaban J connectivity index is 1.61. The molecule has 0 aliphatic carbocycles. The number of aryl methyl sites for hydroxylation is 1. The third-order valence-corrected chi connectivity index (χ3v) is 4.31. The molecule has 0 bridgehead atoms. The van der Waals surface area contributed by atoms with Crippen LogP contribution < -0.4 is 15.0 Å². The molecule has 1 aromatic carbocycles. The van der Waals surface area contributed by atoms with Gasteiger partial charge in [0.15, 0.2) is 0 Å². The summed E-state index contributed by atoms with van der Waals surface area (Å²) in [7, 11) is 0. The van der Waals surface area contributed by atoms with Gasteiger partial charge in [-0.05, 0) is 31.0 Å². The van der Waals surface area contributed by atoms with E-state index in [9.17, 15) is 14.4 Å². The molecule has 3 amide bonds. The summed E-state index contributed by atoms with van der Waals surface area (Å²) in [5.41, 5.74) is 2.04. The van der Waals surface area contributed by atoms with Crippen molar-refractivity contribution in [2.24, 2.45) is 5.92 Å². The molecule has 1 saturated heterocycles.